The number of allylic oxidation sites excluding steroid dienone is 4. The van der Waals surface area contributed by atoms with Crippen molar-refractivity contribution in [3.63, 3.8) is 0 Å². The smallest absolute Gasteiger partial charge is 0.161 e. The van der Waals surface area contributed by atoms with Crippen LogP contribution in [-0.4, -0.2) is 30.1 Å². The van der Waals surface area contributed by atoms with E-state index in [0.29, 0.717) is 37.6 Å². The molecule has 2 aromatic rings. The van der Waals surface area contributed by atoms with Gasteiger partial charge in [0.2, 0.25) is 0 Å². The second kappa shape index (κ2) is 9.96. The monoisotopic (exact) mass is 485 g/mol. The van der Waals surface area contributed by atoms with E-state index in [9.17, 15) is 9.59 Å². The summed E-state index contributed by atoms with van der Waals surface area (Å²) in [6.07, 6.45) is 4.54. The Morgan fingerprint density at radius 1 is 0.806 bits per heavy atom. The Bertz CT molecular complexity index is 1220. The van der Waals surface area contributed by atoms with Crippen LogP contribution in [0, 0.1) is 13.8 Å². The maximum absolute atomic E-state index is 13.3. The van der Waals surface area contributed by atoms with Gasteiger partial charge in [0.1, 0.15) is 6.61 Å². The van der Waals surface area contributed by atoms with Crippen molar-refractivity contribution in [1.29, 1.82) is 0 Å². The van der Waals surface area contributed by atoms with Crippen LogP contribution in [0.3, 0.4) is 0 Å². The van der Waals surface area contributed by atoms with Gasteiger partial charge in [0.05, 0.1) is 6.61 Å². The Hall–Kier alpha value is -3.34. The zero-order valence-corrected chi connectivity index (χ0v) is 21.8. The molecule has 2 aliphatic carbocycles. The van der Waals surface area contributed by atoms with Crippen LogP contribution in [0.15, 0.2) is 58.9 Å². The zero-order valence-electron chi connectivity index (χ0n) is 21.8. The number of Topliss-reactive ketones (excluding diaryl/α,β-unsaturated/α-hetero) is 2. The molecule has 0 N–H and O–H groups in total. The molecule has 188 valence electrons. The van der Waals surface area contributed by atoms with Crippen LogP contribution in [0.5, 0.6) is 11.5 Å². The van der Waals surface area contributed by atoms with Crippen molar-refractivity contribution in [2.45, 2.75) is 71.8 Å². The molecule has 0 bridgehead atoms. The van der Waals surface area contributed by atoms with Gasteiger partial charge in [-0.05, 0) is 69.7 Å². The van der Waals surface area contributed by atoms with E-state index < -0.39 is 0 Å². The Labute approximate surface area is 213 Å². The first kappa shape index (κ1) is 24.4. The second-order valence-electron chi connectivity index (χ2n) is 10.2. The van der Waals surface area contributed by atoms with Gasteiger partial charge in [0, 0.05) is 48.3 Å². The summed E-state index contributed by atoms with van der Waals surface area (Å²) in [6.45, 7) is 7.06. The van der Waals surface area contributed by atoms with Gasteiger partial charge in [0.15, 0.2) is 23.1 Å². The molecule has 0 saturated carbocycles. The van der Waals surface area contributed by atoms with Crippen molar-refractivity contribution < 1.29 is 19.1 Å². The molecule has 36 heavy (non-hydrogen) atoms. The lowest BCUT2D eigenvalue weighted by Gasteiger charge is -2.42. The zero-order chi connectivity index (χ0) is 25.4. The Morgan fingerprint density at radius 2 is 1.42 bits per heavy atom. The fourth-order valence-electron chi connectivity index (χ4n) is 6.09. The van der Waals surface area contributed by atoms with E-state index in [2.05, 4.69) is 36.9 Å². The lowest BCUT2D eigenvalue weighted by atomic mass is 9.71. The van der Waals surface area contributed by atoms with Gasteiger partial charge in [-0.2, -0.15) is 0 Å². The van der Waals surface area contributed by atoms with Crippen LogP contribution in [0.2, 0.25) is 0 Å². The molecule has 2 aromatic carbocycles. The quantitative estimate of drug-likeness (QED) is 0.479. The molecule has 0 fully saturated rings. The minimum Gasteiger partial charge on any atom is -0.490 e. The van der Waals surface area contributed by atoms with Crippen LogP contribution in [-0.2, 0) is 16.2 Å². The van der Waals surface area contributed by atoms with Gasteiger partial charge in [0.25, 0.3) is 0 Å². The molecule has 0 atom stereocenters. The van der Waals surface area contributed by atoms with E-state index in [-0.39, 0.29) is 17.5 Å². The first-order valence-corrected chi connectivity index (χ1v) is 13.1. The van der Waals surface area contributed by atoms with Crippen LogP contribution in [0.1, 0.15) is 73.6 Å². The molecule has 1 aliphatic heterocycles. The van der Waals surface area contributed by atoms with E-state index in [1.54, 1.807) is 0 Å². The first-order chi connectivity index (χ1) is 17.4. The van der Waals surface area contributed by atoms with Crippen molar-refractivity contribution in [2.75, 3.05) is 13.7 Å². The highest BCUT2D eigenvalue weighted by molar-refractivity contribution is 6.06. The predicted molar refractivity (Wildman–Crippen MR) is 140 cm³/mol. The second-order valence-corrected chi connectivity index (χ2v) is 10.2. The van der Waals surface area contributed by atoms with Crippen molar-refractivity contribution in [2.24, 2.45) is 0 Å². The fourth-order valence-corrected chi connectivity index (χ4v) is 6.09. The van der Waals surface area contributed by atoms with Crippen molar-refractivity contribution >= 4 is 11.6 Å². The van der Waals surface area contributed by atoms with Gasteiger partial charge < -0.3 is 14.4 Å². The lowest BCUT2D eigenvalue weighted by Crippen LogP contribution is -2.37. The third-order valence-electron chi connectivity index (χ3n) is 7.52. The highest BCUT2D eigenvalue weighted by Gasteiger charge is 2.42. The highest BCUT2D eigenvalue weighted by atomic mass is 16.5. The largest absolute Gasteiger partial charge is 0.490 e. The molecule has 5 nitrogen and oxygen atoms in total. The van der Waals surface area contributed by atoms with Gasteiger partial charge in [-0.1, -0.05) is 35.4 Å². The number of benzene rings is 2. The number of nitrogens with zero attached hydrogens (tertiary/aromatic N) is 1. The van der Waals surface area contributed by atoms with Crippen molar-refractivity contribution in [1.82, 2.24) is 4.90 Å². The standard InChI is InChI=1S/C31H35NO4/c1-5-35-28-17-22(12-13-27(28)36-18-21-15-19(2)14-20(3)16-21)29-30-23(8-6-10-25(30)33)32(4)24-9-7-11-26(34)31(24)29/h12-17,29H,5-11,18H2,1-4H3. The highest BCUT2D eigenvalue weighted by Crippen LogP contribution is 2.49. The number of carbonyl (C=O) groups excluding carboxylic acids is 2. The normalized spacial score (nSPS) is 18.4. The Balaban J connectivity index is 1.54. The number of carbonyl (C=O) groups is 2. The van der Waals surface area contributed by atoms with E-state index in [1.807, 2.05) is 32.2 Å². The molecule has 0 aromatic heterocycles. The first-order valence-electron chi connectivity index (χ1n) is 13.1. The van der Waals surface area contributed by atoms with E-state index in [1.165, 1.54) is 11.1 Å². The summed E-state index contributed by atoms with van der Waals surface area (Å²) >= 11 is 0. The molecule has 0 spiro atoms. The Morgan fingerprint density at radius 3 is 2.00 bits per heavy atom. The van der Waals surface area contributed by atoms with Crippen LogP contribution in [0.4, 0.5) is 0 Å². The van der Waals surface area contributed by atoms with Gasteiger partial charge in [-0.3, -0.25) is 9.59 Å². The number of aryl methyl sites for hydroxylation is 2. The minimum absolute atomic E-state index is 0.158. The minimum atomic E-state index is -0.334. The van der Waals surface area contributed by atoms with Gasteiger partial charge in [-0.15, -0.1) is 0 Å². The molecular weight excluding hydrogens is 450 g/mol. The number of hydrogen-bond donors (Lipinski definition) is 0. The predicted octanol–water partition coefficient (Wildman–Crippen LogP) is 6.32. The number of hydrogen-bond acceptors (Lipinski definition) is 5. The Kier molecular flexibility index (Phi) is 6.74. The summed E-state index contributed by atoms with van der Waals surface area (Å²) in [7, 11) is 2.02. The summed E-state index contributed by atoms with van der Waals surface area (Å²) in [5.74, 6) is 1.30. The third kappa shape index (κ3) is 4.47. The third-order valence-corrected chi connectivity index (χ3v) is 7.52. The van der Waals surface area contributed by atoms with Crippen LogP contribution < -0.4 is 9.47 Å². The maximum Gasteiger partial charge on any atom is 0.161 e. The summed E-state index contributed by atoms with van der Waals surface area (Å²) in [6, 6.07) is 12.3. The fraction of sp³-hybridized carbons (Fsp3) is 0.419. The van der Waals surface area contributed by atoms with Gasteiger partial charge in [-0.25, -0.2) is 0 Å². The number of rotatable bonds is 6. The SMILES string of the molecule is CCOc1cc(C2C3=C(CCCC3=O)N(C)C3=C2C(=O)CCC3)ccc1OCc1cc(C)cc(C)c1. The topological polar surface area (TPSA) is 55.8 Å². The molecule has 0 unspecified atom stereocenters. The summed E-state index contributed by atoms with van der Waals surface area (Å²) in [5.41, 5.74) is 8.21. The van der Waals surface area contributed by atoms with E-state index in [4.69, 9.17) is 9.47 Å². The van der Waals surface area contributed by atoms with Crippen LogP contribution >= 0.6 is 0 Å². The van der Waals surface area contributed by atoms with E-state index in [0.717, 1.165) is 59.4 Å². The summed E-state index contributed by atoms with van der Waals surface area (Å²) in [5, 5.41) is 0. The average Bonchev–Trinajstić information content (AvgIpc) is 2.84. The number of ether oxygens (including phenoxy) is 2. The van der Waals surface area contributed by atoms with Crippen molar-refractivity contribution in [3.05, 3.63) is 81.2 Å². The molecule has 0 saturated heterocycles. The van der Waals surface area contributed by atoms with Crippen LogP contribution in [0.25, 0.3) is 0 Å². The molecule has 0 amide bonds. The molecule has 5 heteroatoms. The van der Waals surface area contributed by atoms with Crippen molar-refractivity contribution in [3.8, 4) is 11.5 Å². The molecule has 1 heterocycles. The average molecular weight is 486 g/mol. The summed E-state index contributed by atoms with van der Waals surface area (Å²) < 4.78 is 12.2. The lowest BCUT2D eigenvalue weighted by molar-refractivity contribution is -0.117. The molecular formula is C31H35NO4. The maximum atomic E-state index is 13.3. The van der Waals surface area contributed by atoms with E-state index >= 15 is 0 Å². The molecule has 0 radical (unpaired) electrons. The number of ketones is 2. The molecule has 3 aliphatic rings. The summed E-state index contributed by atoms with van der Waals surface area (Å²) in [4.78, 5) is 28.7. The van der Waals surface area contributed by atoms with Gasteiger partial charge >= 0.3 is 0 Å². The molecule has 5 rings (SSSR count).